The molecule has 0 radical (unpaired) electrons. The third-order valence-electron chi connectivity index (χ3n) is 2.29. The molecular formula is C10H19N3. The van der Waals surface area contributed by atoms with E-state index >= 15 is 0 Å². The lowest BCUT2D eigenvalue weighted by molar-refractivity contribution is 0.346. The van der Waals surface area contributed by atoms with Crippen molar-refractivity contribution in [2.75, 3.05) is 7.05 Å². The molecule has 0 saturated carbocycles. The van der Waals surface area contributed by atoms with Gasteiger partial charge in [-0.05, 0) is 31.8 Å². The smallest absolute Gasteiger partial charge is 0.101 e. The van der Waals surface area contributed by atoms with Gasteiger partial charge in [-0.3, -0.25) is 5.01 Å². The summed E-state index contributed by atoms with van der Waals surface area (Å²) < 4.78 is 0. The number of hydrogen-bond donors (Lipinski definition) is 0. The first kappa shape index (κ1) is 10.2. The predicted molar refractivity (Wildman–Crippen MR) is 54.2 cm³/mol. The Labute approximate surface area is 80.5 Å². The maximum Gasteiger partial charge on any atom is 0.101 e. The van der Waals surface area contributed by atoms with Gasteiger partial charge in [0.15, 0.2) is 0 Å². The summed E-state index contributed by atoms with van der Waals surface area (Å²) in [5, 5.41) is 10.0. The quantitative estimate of drug-likeness (QED) is 0.657. The predicted octanol–water partition coefficient (Wildman–Crippen LogP) is 3.01. The third-order valence-corrected chi connectivity index (χ3v) is 2.29. The highest BCUT2D eigenvalue weighted by atomic mass is 15.5. The zero-order chi connectivity index (χ0) is 9.90. The molecule has 0 fully saturated rings. The summed E-state index contributed by atoms with van der Waals surface area (Å²) in [6, 6.07) is 0. The Balaban J connectivity index is 2.48. The van der Waals surface area contributed by atoms with E-state index in [1.165, 1.54) is 6.42 Å². The Hall–Kier alpha value is -0.860. The lowest BCUT2D eigenvalue weighted by Gasteiger charge is -2.25. The number of hydrogen-bond acceptors (Lipinski definition) is 3. The highest BCUT2D eigenvalue weighted by Gasteiger charge is 2.22. The summed E-state index contributed by atoms with van der Waals surface area (Å²) in [4.78, 5) is 0. The van der Waals surface area contributed by atoms with Crippen LogP contribution in [0, 0.1) is 5.92 Å². The van der Waals surface area contributed by atoms with Crippen molar-refractivity contribution >= 4 is 0 Å². The fraction of sp³-hybridized carbons (Fsp3) is 0.800. The SMILES string of the molecule is CC(C)CCC1(C)C=CN(C)N=N1. The zero-order valence-electron chi connectivity index (χ0n) is 8.99. The van der Waals surface area contributed by atoms with E-state index in [4.69, 9.17) is 0 Å². The molecule has 1 unspecified atom stereocenters. The molecule has 1 heterocycles. The minimum absolute atomic E-state index is 0.0726. The average molecular weight is 181 g/mol. The molecule has 0 N–H and O–H groups in total. The molecule has 3 heteroatoms. The Bertz CT molecular complexity index is 204. The first-order chi connectivity index (χ1) is 6.02. The van der Waals surface area contributed by atoms with Gasteiger partial charge in [-0.1, -0.05) is 19.1 Å². The lowest BCUT2D eigenvalue weighted by Crippen LogP contribution is -2.23. The van der Waals surface area contributed by atoms with Crippen LogP contribution in [0.15, 0.2) is 22.6 Å². The van der Waals surface area contributed by atoms with Crippen LogP contribution in [0.1, 0.15) is 33.6 Å². The largest absolute Gasteiger partial charge is 0.258 e. The molecular weight excluding hydrogens is 162 g/mol. The highest BCUT2D eigenvalue weighted by molar-refractivity contribution is 5.04. The fourth-order valence-electron chi connectivity index (χ4n) is 1.22. The molecule has 0 aromatic heterocycles. The lowest BCUT2D eigenvalue weighted by atomic mass is 9.92. The van der Waals surface area contributed by atoms with E-state index in [0.717, 1.165) is 12.3 Å². The van der Waals surface area contributed by atoms with Crippen molar-refractivity contribution in [1.82, 2.24) is 5.01 Å². The van der Waals surface area contributed by atoms with Gasteiger partial charge in [0.1, 0.15) is 5.54 Å². The van der Waals surface area contributed by atoms with Gasteiger partial charge in [0.25, 0.3) is 0 Å². The van der Waals surface area contributed by atoms with Gasteiger partial charge in [0.2, 0.25) is 0 Å². The monoisotopic (exact) mass is 181 g/mol. The van der Waals surface area contributed by atoms with E-state index in [1.807, 2.05) is 13.2 Å². The van der Waals surface area contributed by atoms with Crippen LogP contribution in [0.5, 0.6) is 0 Å². The van der Waals surface area contributed by atoms with Crippen LogP contribution >= 0.6 is 0 Å². The van der Waals surface area contributed by atoms with E-state index in [0.29, 0.717) is 0 Å². The van der Waals surface area contributed by atoms with E-state index in [2.05, 4.69) is 37.2 Å². The molecule has 74 valence electrons. The minimum atomic E-state index is -0.0726. The molecule has 0 bridgehead atoms. The molecule has 0 aromatic carbocycles. The average Bonchev–Trinajstić information content (AvgIpc) is 2.08. The zero-order valence-corrected chi connectivity index (χ0v) is 8.99. The molecule has 13 heavy (non-hydrogen) atoms. The second kappa shape index (κ2) is 3.90. The maximum atomic E-state index is 4.28. The van der Waals surface area contributed by atoms with Gasteiger partial charge < -0.3 is 0 Å². The van der Waals surface area contributed by atoms with E-state index in [1.54, 1.807) is 5.01 Å². The molecule has 0 aromatic rings. The first-order valence-corrected chi connectivity index (χ1v) is 4.87. The van der Waals surface area contributed by atoms with Gasteiger partial charge >= 0.3 is 0 Å². The van der Waals surface area contributed by atoms with Crippen molar-refractivity contribution in [2.45, 2.75) is 39.2 Å². The summed E-state index contributed by atoms with van der Waals surface area (Å²) in [6.07, 6.45) is 6.39. The summed E-state index contributed by atoms with van der Waals surface area (Å²) in [7, 11) is 1.89. The molecule has 0 aliphatic carbocycles. The molecule has 1 atom stereocenters. The second-order valence-corrected chi connectivity index (χ2v) is 4.37. The van der Waals surface area contributed by atoms with Crippen LogP contribution in [0.4, 0.5) is 0 Å². The molecule has 0 spiro atoms. The third kappa shape index (κ3) is 3.17. The summed E-state index contributed by atoms with van der Waals surface area (Å²) >= 11 is 0. The Morgan fingerprint density at radius 2 is 2.15 bits per heavy atom. The molecule has 0 amide bonds. The number of rotatable bonds is 3. The Kier molecular flexibility index (Phi) is 3.07. The summed E-state index contributed by atoms with van der Waals surface area (Å²) in [5.74, 6) is 0.736. The summed E-state index contributed by atoms with van der Waals surface area (Å²) in [6.45, 7) is 6.60. The van der Waals surface area contributed by atoms with Crippen LogP contribution in [0.2, 0.25) is 0 Å². The topological polar surface area (TPSA) is 28.0 Å². The van der Waals surface area contributed by atoms with Crippen molar-refractivity contribution in [3.8, 4) is 0 Å². The van der Waals surface area contributed by atoms with Crippen LogP contribution in [-0.4, -0.2) is 17.6 Å². The van der Waals surface area contributed by atoms with Crippen molar-refractivity contribution in [3.63, 3.8) is 0 Å². The highest BCUT2D eigenvalue weighted by Crippen LogP contribution is 2.25. The minimum Gasteiger partial charge on any atom is -0.258 e. The van der Waals surface area contributed by atoms with E-state index in [9.17, 15) is 0 Å². The number of nitrogens with zero attached hydrogens (tertiary/aromatic N) is 3. The van der Waals surface area contributed by atoms with Crippen molar-refractivity contribution in [1.29, 1.82) is 0 Å². The van der Waals surface area contributed by atoms with E-state index < -0.39 is 0 Å². The maximum absolute atomic E-state index is 4.28. The van der Waals surface area contributed by atoms with Crippen molar-refractivity contribution in [2.24, 2.45) is 16.3 Å². The van der Waals surface area contributed by atoms with Gasteiger partial charge in [0.05, 0.1) is 0 Å². The van der Waals surface area contributed by atoms with Gasteiger partial charge in [-0.15, -0.1) is 0 Å². The van der Waals surface area contributed by atoms with Crippen molar-refractivity contribution < 1.29 is 0 Å². The molecule has 3 nitrogen and oxygen atoms in total. The van der Waals surface area contributed by atoms with Gasteiger partial charge in [0, 0.05) is 13.2 Å². The van der Waals surface area contributed by atoms with Crippen LogP contribution in [0.3, 0.4) is 0 Å². The molecule has 1 aliphatic rings. The normalized spacial score (nSPS) is 27.3. The van der Waals surface area contributed by atoms with Gasteiger partial charge in [-0.25, -0.2) is 0 Å². The molecule has 1 rings (SSSR count). The van der Waals surface area contributed by atoms with Gasteiger partial charge in [-0.2, -0.15) is 5.11 Å². The fourth-order valence-corrected chi connectivity index (χ4v) is 1.22. The van der Waals surface area contributed by atoms with Crippen LogP contribution in [-0.2, 0) is 0 Å². The van der Waals surface area contributed by atoms with Crippen LogP contribution < -0.4 is 0 Å². The Morgan fingerprint density at radius 1 is 1.46 bits per heavy atom. The second-order valence-electron chi connectivity index (χ2n) is 4.37. The Morgan fingerprint density at radius 3 is 2.62 bits per heavy atom. The summed E-state index contributed by atoms with van der Waals surface area (Å²) in [5.41, 5.74) is -0.0726. The standard InChI is InChI=1S/C10H19N3/c1-9(2)5-6-10(3)7-8-13(4)12-11-10/h7-9H,5-6H2,1-4H3. The van der Waals surface area contributed by atoms with Crippen LogP contribution in [0.25, 0.3) is 0 Å². The molecule has 1 aliphatic heterocycles. The molecule has 0 saturated heterocycles. The van der Waals surface area contributed by atoms with Crippen molar-refractivity contribution in [3.05, 3.63) is 12.3 Å². The first-order valence-electron chi connectivity index (χ1n) is 4.87. The van der Waals surface area contributed by atoms with E-state index in [-0.39, 0.29) is 5.54 Å².